The van der Waals surface area contributed by atoms with Gasteiger partial charge in [0.25, 0.3) is 0 Å². The highest BCUT2D eigenvalue weighted by Gasteiger charge is 2.20. The summed E-state index contributed by atoms with van der Waals surface area (Å²) in [7, 11) is 1.42. The van der Waals surface area contributed by atoms with E-state index in [0.717, 1.165) is 0 Å². The van der Waals surface area contributed by atoms with Gasteiger partial charge in [-0.3, -0.25) is 0 Å². The molecule has 0 saturated heterocycles. The summed E-state index contributed by atoms with van der Waals surface area (Å²) in [6.45, 7) is 1.56. The van der Waals surface area contributed by atoms with E-state index in [1.54, 1.807) is 6.92 Å². The molecule has 0 radical (unpaired) electrons. The van der Waals surface area contributed by atoms with E-state index < -0.39 is 5.97 Å². The number of carboxylic acid groups (broad SMARTS) is 1. The van der Waals surface area contributed by atoms with Crippen molar-refractivity contribution < 1.29 is 24.2 Å². The molecule has 0 aliphatic rings. The fraction of sp³-hybridized carbons (Fsp3) is 0.182. The molecule has 16 heavy (non-hydrogen) atoms. The summed E-state index contributed by atoms with van der Waals surface area (Å²) in [6.07, 6.45) is 0. The fourth-order valence-corrected chi connectivity index (χ4v) is 1.69. The fourth-order valence-electron chi connectivity index (χ4n) is 1.69. The van der Waals surface area contributed by atoms with Gasteiger partial charge in [0.1, 0.15) is 17.1 Å². The van der Waals surface area contributed by atoms with Crippen molar-refractivity contribution in [3.8, 4) is 11.5 Å². The summed E-state index contributed by atoms with van der Waals surface area (Å²) >= 11 is 0. The van der Waals surface area contributed by atoms with Crippen LogP contribution >= 0.6 is 0 Å². The normalized spacial score (nSPS) is 10.6. The highest BCUT2D eigenvalue weighted by molar-refractivity contribution is 6.05. The van der Waals surface area contributed by atoms with Gasteiger partial charge in [0, 0.05) is 11.5 Å². The molecule has 5 heteroatoms. The van der Waals surface area contributed by atoms with Crippen LogP contribution in [0.3, 0.4) is 0 Å². The quantitative estimate of drug-likeness (QED) is 0.813. The van der Waals surface area contributed by atoms with Gasteiger partial charge < -0.3 is 19.4 Å². The van der Waals surface area contributed by atoms with E-state index in [4.69, 9.17) is 14.3 Å². The summed E-state index contributed by atoms with van der Waals surface area (Å²) in [5, 5.41) is 18.8. The van der Waals surface area contributed by atoms with Crippen molar-refractivity contribution in [3.05, 3.63) is 23.5 Å². The minimum atomic E-state index is -1.09. The molecule has 0 aliphatic heterocycles. The topological polar surface area (TPSA) is 79.9 Å². The summed E-state index contributed by atoms with van der Waals surface area (Å²) in [4.78, 5) is 11.0. The van der Waals surface area contributed by atoms with E-state index in [9.17, 15) is 9.90 Å². The maximum atomic E-state index is 11.0. The molecule has 0 fully saturated rings. The van der Waals surface area contributed by atoms with Crippen LogP contribution in [-0.2, 0) is 0 Å². The van der Waals surface area contributed by atoms with Crippen LogP contribution in [0.4, 0.5) is 0 Å². The zero-order valence-electron chi connectivity index (χ0n) is 8.77. The second-order valence-electron chi connectivity index (χ2n) is 3.36. The van der Waals surface area contributed by atoms with Crippen LogP contribution in [0.2, 0.25) is 0 Å². The molecule has 2 rings (SSSR count). The number of carbonyl (C=O) groups is 1. The van der Waals surface area contributed by atoms with Gasteiger partial charge in [0.15, 0.2) is 11.3 Å². The zero-order chi connectivity index (χ0) is 11.9. The Kier molecular flexibility index (Phi) is 2.23. The molecule has 0 atom stereocenters. The standard InChI is InChI=1S/C11H10O5/c1-5-9(11(13)14)7-3-6(12)4-8(15-2)10(7)16-5/h3-4,12H,1-2H3,(H,13,14). The third kappa shape index (κ3) is 1.37. The molecular formula is C11H10O5. The number of phenols is 1. The van der Waals surface area contributed by atoms with Crippen molar-refractivity contribution >= 4 is 16.9 Å². The van der Waals surface area contributed by atoms with Crippen LogP contribution in [0, 0.1) is 6.92 Å². The number of hydrogen-bond donors (Lipinski definition) is 2. The van der Waals surface area contributed by atoms with Crippen LogP contribution < -0.4 is 4.74 Å². The molecule has 0 bridgehead atoms. The van der Waals surface area contributed by atoms with Gasteiger partial charge in [-0.15, -0.1) is 0 Å². The second-order valence-corrected chi connectivity index (χ2v) is 3.36. The minimum Gasteiger partial charge on any atom is -0.508 e. The monoisotopic (exact) mass is 222 g/mol. The number of aryl methyl sites for hydroxylation is 1. The lowest BCUT2D eigenvalue weighted by Gasteiger charge is -2.01. The largest absolute Gasteiger partial charge is 0.508 e. The van der Waals surface area contributed by atoms with Crippen molar-refractivity contribution in [1.82, 2.24) is 0 Å². The van der Waals surface area contributed by atoms with Crippen molar-refractivity contribution in [2.24, 2.45) is 0 Å². The van der Waals surface area contributed by atoms with Crippen molar-refractivity contribution in [1.29, 1.82) is 0 Å². The van der Waals surface area contributed by atoms with Crippen molar-refractivity contribution in [3.63, 3.8) is 0 Å². The molecule has 1 heterocycles. The number of methoxy groups -OCH3 is 1. The summed E-state index contributed by atoms with van der Waals surface area (Å²) in [6, 6.07) is 2.72. The number of phenolic OH excluding ortho intramolecular Hbond substituents is 1. The van der Waals surface area contributed by atoms with E-state index >= 15 is 0 Å². The molecule has 2 N–H and O–H groups in total. The number of aromatic hydroxyl groups is 1. The van der Waals surface area contributed by atoms with Gasteiger partial charge in [-0.1, -0.05) is 0 Å². The van der Waals surface area contributed by atoms with Gasteiger partial charge in [-0.05, 0) is 13.0 Å². The third-order valence-corrected chi connectivity index (χ3v) is 2.35. The van der Waals surface area contributed by atoms with Crippen LogP contribution in [0.15, 0.2) is 16.5 Å². The number of benzene rings is 1. The highest BCUT2D eigenvalue weighted by Crippen LogP contribution is 2.35. The molecule has 0 saturated carbocycles. The Morgan fingerprint density at radius 2 is 2.12 bits per heavy atom. The van der Waals surface area contributed by atoms with Gasteiger partial charge in [-0.2, -0.15) is 0 Å². The summed E-state index contributed by atoms with van der Waals surface area (Å²) < 4.78 is 10.3. The van der Waals surface area contributed by atoms with Crippen LogP contribution in [0.5, 0.6) is 11.5 Å². The molecule has 0 spiro atoms. The maximum Gasteiger partial charge on any atom is 0.339 e. The van der Waals surface area contributed by atoms with E-state index in [0.29, 0.717) is 16.7 Å². The van der Waals surface area contributed by atoms with E-state index in [1.807, 2.05) is 0 Å². The molecule has 1 aromatic carbocycles. The smallest absolute Gasteiger partial charge is 0.339 e. The van der Waals surface area contributed by atoms with E-state index in [1.165, 1.54) is 19.2 Å². The molecule has 5 nitrogen and oxygen atoms in total. The van der Waals surface area contributed by atoms with Crippen molar-refractivity contribution in [2.75, 3.05) is 7.11 Å². The Morgan fingerprint density at radius 3 is 2.69 bits per heavy atom. The summed E-state index contributed by atoms with van der Waals surface area (Å²) in [5.74, 6) is -0.562. The van der Waals surface area contributed by atoms with Crippen LogP contribution in [-0.4, -0.2) is 23.3 Å². The minimum absolute atomic E-state index is 0.0456. The van der Waals surface area contributed by atoms with E-state index in [-0.39, 0.29) is 17.1 Å². The molecule has 0 aliphatic carbocycles. The number of hydrogen-bond acceptors (Lipinski definition) is 4. The molecule has 0 unspecified atom stereocenters. The first-order valence-corrected chi connectivity index (χ1v) is 4.58. The van der Waals surface area contributed by atoms with Gasteiger partial charge >= 0.3 is 5.97 Å². The lowest BCUT2D eigenvalue weighted by atomic mass is 10.1. The zero-order valence-corrected chi connectivity index (χ0v) is 8.77. The first kappa shape index (κ1) is 10.4. The van der Waals surface area contributed by atoms with Gasteiger partial charge in [0.2, 0.25) is 0 Å². The number of aromatic carboxylic acids is 1. The number of ether oxygens (including phenoxy) is 1. The Bertz CT molecular complexity index is 567. The molecule has 1 aromatic heterocycles. The lowest BCUT2D eigenvalue weighted by Crippen LogP contribution is -1.96. The number of rotatable bonds is 2. The van der Waals surface area contributed by atoms with Gasteiger partial charge in [0.05, 0.1) is 7.11 Å². The predicted molar refractivity (Wildman–Crippen MR) is 56.1 cm³/mol. The van der Waals surface area contributed by atoms with Gasteiger partial charge in [-0.25, -0.2) is 4.79 Å². The van der Waals surface area contributed by atoms with E-state index in [2.05, 4.69) is 0 Å². The molecule has 2 aromatic rings. The Labute approximate surface area is 90.9 Å². The lowest BCUT2D eigenvalue weighted by molar-refractivity contribution is 0.0697. The maximum absolute atomic E-state index is 11.0. The predicted octanol–water partition coefficient (Wildman–Crippen LogP) is 2.15. The first-order valence-electron chi connectivity index (χ1n) is 4.58. The number of furan rings is 1. The Morgan fingerprint density at radius 1 is 1.44 bits per heavy atom. The first-order chi connectivity index (χ1) is 7.54. The number of carboxylic acids is 1. The average Bonchev–Trinajstić information content (AvgIpc) is 2.52. The third-order valence-electron chi connectivity index (χ3n) is 2.35. The van der Waals surface area contributed by atoms with Crippen LogP contribution in [0.25, 0.3) is 11.0 Å². The Balaban J connectivity index is 2.89. The van der Waals surface area contributed by atoms with Crippen molar-refractivity contribution in [2.45, 2.75) is 6.92 Å². The Hall–Kier alpha value is -2.17. The highest BCUT2D eigenvalue weighted by atomic mass is 16.5. The molecular weight excluding hydrogens is 212 g/mol. The molecule has 84 valence electrons. The summed E-state index contributed by atoms with van der Waals surface area (Å²) in [5.41, 5.74) is 0.374. The SMILES string of the molecule is COc1cc(O)cc2c(C(=O)O)c(C)oc12. The number of fused-ring (bicyclic) bond motifs is 1. The second kappa shape index (κ2) is 3.44. The average molecular weight is 222 g/mol. The molecule has 0 amide bonds. The van der Waals surface area contributed by atoms with Crippen LogP contribution in [0.1, 0.15) is 16.1 Å².